The summed E-state index contributed by atoms with van der Waals surface area (Å²) >= 11 is 1.68. The van der Waals surface area contributed by atoms with Crippen LogP contribution in [0.4, 0.5) is 0 Å². The number of hydrogen-bond donors (Lipinski definition) is 1. The first-order valence-electron chi connectivity index (χ1n) is 9.80. The van der Waals surface area contributed by atoms with Gasteiger partial charge < -0.3 is 10.1 Å². The molecule has 2 aromatic rings. The Kier molecular flexibility index (Phi) is 6.48. The molecule has 1 heterocycles. The van der Waals surface area contributed by atoms with E-state index < -0.39 is 0 Å². The zero-order valence-electron chi connectivity index (χ0n) is 16.4. The van der Waals surface area contributed by atoms with E-state index in [1.165, 1.54) is 5.56 Å². The molecule has 1 aliphatic heterocycles. The average molecular weight is 384 g/mol. The summed E-state index contributed by atoms with van der Waals surface area (Å²) in [5.74, 6) is 1.84. The monoisotopic (exact) mass is 383 g/mol. The average Bonchev–Trinajstić information content (AvgIpc) is 2.72. The first-order chi connectivity index (χ1) is 13.1. The van der Waals surface area contributed by atoms with E-state index in [9.17, 15) is 4.79 Å². The van der Waals surface area contributed by atoms with Gasteiger partial charge in [-0.05, 0) is 31.4 Å². The summed E-state index contributed by atoms with van der Waals surface area (Å²) < 4.78 is 6.34. The Labute approximate surface area is 166 Å². The first kappa shape index (κ1) is 19.8. The van der Waals surface area contributed by atoms with Gasteiger partial charge in [0.25, 0.3) is 0 Å². The molecule has 3 rings (SSSR count). The number of amides is 1. The summed E-state index contributed by atoms with van der Waals surface area (Å²) in [5.41, 5.74) is 2.13. The number of hydrogen-bond acceptors (Lipinski definition) is 3. The molecule has 2 aromatic carbocycles. The van der Waals surface area contributed by atoms with Crippen LogP contribution in [-0.2, 0) is 10.5 Å². The van der Waals surface area contributed by atoms with Crippen molar-refractivity contribution in [3.63, 3.8) is 0 Å². The van der Waals surface area contributed by atoms with Crippen LogP contribution < -0.4 is 10.1 Å². The van der Waals surface area contributed by atoms with Crippen LogP contribution in [-0.4, -0.2) is 16.8 Å². The quantitative estimate of drug-likeness (QED) is 0.685. The van der Waals surface area contributed by atoms with Gasteiger partial charge >= 0.3 is 0 Å². The molecule has 2 atom stereocenters. The molecule has 1 amide bonds. The maximum absolute atomic E-state index is 12.9. The van der Waals surface area contributed by atoms with E-state index in [2.05, 4.69) is 37.4 Å². The topological polar surface area (TPSA) is 38.3 Å². The van der Waals surface area contributed by atoms with Crippen molar-refractivity contribution in [3.8, 4) is 5.75 Å². The molecule has 0 aliphatic carbocycles. The maximum Gasteiger partial charge on any atom is 0.233 e. The van der Waals surface area contributed by atoms with Crippen LogP contribution in [0.3, 0.4) is 0 Å². The largest absolute Gasteiger partial charge is 0.487 e. The van der Waals surface area contributed by atoms with Crippen LogP contribution in [0.1, 0.15) is 57.2 Å². The van der Waals surface area contributed by atoms with Crippen molar-refractivity contribution in [2.24, 2.45) is 0 Å². The van der Waals surface area contributed by atoms with Crippen LogP contribution in [0.2, 0.25) is 0 Å². The van der Waals surface area contributed by atoms with Gasteiger partial charge in [0.05, 0.1) is 11.3 Å². The standard InChI is InChI=1S/C23H29NO2S/c1-4-23(5-2)15-20(19-13-9-10-14-21(19)26-23)24-22(25)17(3)27-16-18-11-7-6-8-12-18/h6-14,17,20H,4-5,15-16H2,1-3H3,(H,24,25)/t17-,20+/m0/s1. The minimum atomic E-state index is -0.202. The van der Waals surface area contributed by atoms with E-state index in [1.807, 2.05) is 43.3 Å². The lowest BCUT2D eigenvalue weighted by Gasteiger charge is -2.42. The summed E-state index contributed by atoms with van der Waals surface area (Å²) in [7, 11) is 0. The molecular weight excluding hydrogens is 354 g/mol. The first-order valence-corrected chi connectivity index (χ1v) is 10.9. The Hall–Kier alpha value is -1.94. The minimum absolute atomic E-state index is 0.00197. The highest BCUT2D eigenvalue weighted by Crippen LogP contribution is 2.42. The van der Waals surface area contributed by atoms with Gasteiger partial charge in [-0.3, -0.25) is 4.79 Å². The van der Waals surface area contributed by atoms with Crippen molar-refractivity contribution < 1.29 is 9.53 Å². The number of ether oxygens (including phenoxy) is 1. The Bertz CT molecular complexity index is 758. The van der Waals surface area contributed by atoms with Gasteiger partial charge in [0.15, 0.2) is 0 Å². The predicted octanol–water partition coefficient (Wildman–Crippen LogP) is 5.51. The van der Waals surface area contributed by atoms with Crippen LogP contribution in [0.15, 0.2) is 54.6 Å². The van der Waals surface area contributed by atoms with Gasteiger partial charge in [0.2, 0.25) is 5.91 Å². The van der Waals surface area contributed by atoms with Gasteiger partial charge in [-0.1, -0.05) is 62.4 Å². The molecule has 27 heavy (non-hydrogen) atoms. The number of rotatable bonds is 7. The fourth-order valence-electron chi connectivity index (χ4n) is 3.59. The van der Waals surface area contributed by atoms with E-state index in [0.29, 0.717) is 0 Å². The predicted molar refractivity (Wildman–Crippen MR) is 113 cm³/mol. The number of carbonyl (C=O) groups is 1. The summed E-state index contributed by atoms with van der Waals surface area (Å²) in [6.45, 7) is 6.31. The zero-order valence-corrected chi connectivity index (χ0v) is 17.2. The van der Waals surface area contributed by atoms with Crippen LogP contribution in [0, 0.1) is 0 Å². The molecule has 0 fully saturated rings. The molecule has 0 spiro atoms. The number of nitrogens with one attached hydrogen (secondary N) is 1. The third kappa shape index (κ3) is 4.67. The van der Waals surface area contributed by atoms with Gasteiger partial charge in [-0.25, -0.2) is 0 Å². The smallest absolute Gasteiger partial charge is 0.233 e. The van der Waals surface area contributed by atoms with E-state index in [-0.39, 0.29) is 22.8 Å². The van der Waals surface area contributed by atoms with Gasteiger partial charge in [-0.2, -0.15) is 0 Å². The highest BCUT2D eigenvalue weighted by atomic mass is 32.2. The normalized spacial score (nSPS) is 18.9. The highest BCUT2D eigenvalue weighted by molar-refractivity contribution is 7.99. The van der Waals surface area contributed by atoms with Crippen molar-refractivity contribution in [1.29, 1.82) is 0 Å². The second-order valence-electron chi connectivity index (χ2n) is 7.23. The molecule has 0 unspecified atom stereocenters. The molecular formula is C23H29NO2S. The van der Waals surface area contributed by atoms with E-state index in [0.717, 1.165) is 36.3 Å². The Morgan fingerprint density at radius 3 is 2.52 bits per heavy atom. The van der Waals surface area contributed by atoms with E-state index in [1.54, 1.807) is 11.8 Å². The lowest BCUT2D eigenvalue weighted by atomic mass is 9.83. The number of fused-ring (bicyclic) bond motifs is 1. The molecule has 0 bridgehead atoms. The molecule has 0 aromatic heterocycles. The summed E-state index contributed by atoms with van der Waals surface area (Å²) in [4.78, 5) is 12.9. The summed E-state index contributed by atoms with van der Waals surface area (Å²) in [5, 5.41) is 3.20. The van der Waals surface area contributed by atoms with Crippen LogP contribution in [0.25, 0.3) is 0 Å². The number of para-hydroxylation sites is 1. The van der Waals surface area contributed by atoms with Gasteiger partial charge in [0, 0.05) is 17.7 Å². The maximum atomic E-state index is 12.9. The van der Waals surface area contributed by atoms with Crippen LogP contribution in [0.5, 0.6) is 5.75 Å². The van der Waals surface area contributed by atoms with Crippen molar-refractivity contribution in [3.05, 3.63) is 65.7 Å². The summed E-state index contributed by atoms with van der Waals surface area (Å²) in [6, 6.07) is 18.4. The van der Waals surface area contributed by atoms with Gasteiger partial charge in [-0.15, -0.1) is 11.8 Å². The third-order valence-electron chi connectivity index (χ3n) is 5.51. The van der Waals surface area contributed by atoms with Crippen molar-refractivity contribution in [2.75, 3.05) is 0 Å². The number of benzene rings is 2. The van der Waals surface area contributed by atoms with Crippen molar-refractivity contribution >= 4 is 17.7 Å². The zero-order chi connectivity index (χ0) is 19.3. The minimum Gasteiger partial charge on any atom is -0.487 e. The second kappa shape index (κ2) is 8.83. The molecule has 0 radical (unpaired) electrons. The van der Waals surface area contributed by atoms with Crippen LogP contribution >= 0.6 is 11.8 Å². The fraction of sp³-hybridized carbons (Fsp3) is 0.435. The molecule has 4 heteroatoms. The number of thioether (sulfide) groups is 1. The number of carbonyl (C=O) groups excluding carboxylic acids is 1. The van der Waals surface area contributed by atoms with E-state index >= 15 is 0 Å². The molecule has 1 N–H and O–H groups in total. The molecule has 144 valence electrons. The Morgan fingerprint density at radius 1 is 1.15 bits per heavy atom. The van der Waals surface area contributed by atoms with Crippen molar-refractivity contribution in [1.82, 2.24) is 5.32 Å². The Balaban J connectivity index is 1.68. The fourth-order valence-corrected chi connectivity index (χ4v) is 4.44. The highest BCUT2D eigenvalue weighted by Gasteiger charge is 2.39. The van der Waals surface area contributed by atoms with Gasteiger partial charge in [0.1, 0.15) is 11.4 Å². The lowest BCUT2D eigenvalue weighted by molar-refractivity contribution is -0.121. The molecule has 3 nitrogen and oxygen atoms in total. The second-order valence-corrected chi connectivity index (χ2v) is 8.56. The third-order valence-corrected chi connectivity index (χ3v) is 6.73. The summed E-state index contributed by atoms with van der Waals surface area (Å²) in [6.07, 6.45) is 2.68. The lowest BCUT2D eigenvalue weighted by Crippen LogP contribution is -2.45. The molecule has 1 aliphatic rings. The Morgan fingerprint density at radius 2 is 1.81 bits per heavy atom. The SMILES string of the molecule is CCC1(CC)C[C@@H](NC(=O)[C@H](C)SCc2ccccc2)c2ccccc2O1. The molecule has 0 saturated heterocycles. The van der Waals surface area contributed by atoms with E-state index in [4.69, 9.17) is 4.74 Å². The van der Waals surface area contributed by atoms with Crippen molar-refractivity contribution in [2.45, 2.75) is 62.7 Å². The molecule has 0 saturated carbocycles.